The van der Waals surface area contributed by atoms with E-state index in [0.29, 0.717) is 19.4 Å². The van der Waals surface area contributed by atoms with Crippen molar-refractivity contribution in [1.82, 2.24) is 5.32 Å². The largest absolute Gasteiger partial charge is 0.480 e. The van der Waals surface area contributed by atoms with Crippen LogP contribution in [0.4, 0.5) is 0 Å². The molecule has 0 saturated carbocycles. The topological polar surface area (TPSA) is 75.3 Å². The second kappa shape index (κ2) is 5.88. The van der Waals surface area contributed by atoms with Crippen molar-refractivity contribution < 1.29 is 9.90 Å². The summed E-state index contributed by atoms with van der Waals surface area (Å²) in [6.45, 7) is 0.408. The Labute approximate surface area is 91.3 Å². The number of aliphatic carboxylic acids is 1. The molecule has 0 rings (SSSR count). The molecule has 13 heavy (non-hydrogen) atoms. The van der Waals surface area contributed by atoms with Crippen LogP contribution in [0.2, 0.25) is 0 Å². The van der Waals surface area contributed by atoms with E-state index in [-0.39, 0.29) is 0 Å². The number of carboxylic acids is 1. The van der Waals surface area contributed by atoms with Gasteiger partial charge >= 0.3 is 5.97 Å². The molecule has 0 radical (unpaired) electrons. The van der Waals surface area contributed by atoms with Crippen LogP contribution in [0, 0.1) is 0 Å². The van der Waals surface area contributed by atoms with Gasteiger partial charge in [-0.05, 0) is 19.4 Å². The number of nitrogens with two attached hydrogens (primary N) is 1. The number of rotatable bonds is 5. The first-order valence-corrected chi connectivity index (χ1v) is 4.77. The second-order valence-corrected chi connectivity index (χ2v) is 4.75. The molecule has 0 fully saturated rings. The third kappa shape index (κ3) is 7.34. The number of hydrogen-bond acceptors (Lipinski definition) is 3. The van der Waals surface area contributed by atoms with Gasteiger partial charge in [-0.2, -0.15) is 0 Å². The lowest BCUT2D eigenvalue weighted by molar-refractivity contribution is -0.139. The van der Waals surface area contributed by atoms with E-state index in [1.54, 1.807) is 0 Å². The Bertz CT molecular complexity index is 172. The zero-order valence-corrected chi connectivity index (χ0v) is 9.03. The van der Waals surface area contributed by atoms with Gasteiger partial charge in [0.25, 0.3) is 0 Å². The fraction of sp³-hybridized carbons (Fsp3) is 0.833. The molecule has 1 atom stereocenters. The summed E-state index contributed by atoms with van der Waals surface area (Å²) in [7, 11) is 0. The van der Waals surface area contributed by atoms with Crippen LogP contribution in [-0.4, -0.2) is 27.6 Å². The number of carbonyl (C=O) groups is 1. The maximum absolute atomic E-state index is 10.6. The van der Waals surface area contributed by atoms with Gasteiger partial charge in [0.1, 0.15) is 6.04 Å². The fourth-order valence-electron chi connectivity index (χ4n) is 0.777. The van der Waals surface area contributed by atoms with Crippen molar-refractivity contribution in [2.24, 2.45) is 5.73 Å². The molecule has 4 nitrogen and oxygen atoms in total. The van der Waals surface area contributed by atoms with Crippen LogP contribution in [0.3, 0.4) is 0 Å². The lowest BCUT2D eigenvalue weighted by Crippen LogP contribution is -2.43. The fourth-order valence-corrected chi connectivity index (χ4v) is 1.17. The molecule has 4 N–H and O–H groups in total. The van der Waals surface area contributed by atoms with Crippen molar-refractivity contribution in [3.63, 3.8) is 0 Å². The zero-order valence-electron chi connectivity index (χ0n) is 6.77. The molecule has 0 bridgehead atoms. The molecule has 7 heteroatoms. The van der Waals surface area contributed by atoms with Crippen molar-refractivity contribution in [3.8, 4) is 0 Å². The number of carboxylic acid groups (broad SMARTS) is 1. The summed E-state index contributed by atoms with van der Waals surface area (Å²) in [5.74, 6) is -1.06. The molecule has 0 aliphatic carbocycles. The molecule has 0 aromatic carbocycles. The van der Waals surface area contributed by atoms with Gasteiger partial charge in [0, 0.05) is 0 Å². The summed E-state index contributed by atoms with van der Waals surface area (Å²) in [5, 5.41) is 11.0. The van der Waals surface area contributed by atoms with Crippen molar-refractivity contribution >= 4 is 40.8 Å². The van der Waals surface area contributed by atoms with Crippen LogP contribution in [0.5, 0.6) is 0 Å². The normalized spacial score (nSPS) is 14.2. The molecule has 0 saturated heterocycles. The molecule has 78 valence electrons. The number of hydrogen-bond donors (Lipinski definition) is 3. The zero-order chi connectivity index (χ0) is 10.5. The maximum Gasteiger partial charge on any atom is 0.320 e. The Hall–Kier alpha value is 0.260. The van der Waals surface area contributed by atoms with E-state index in [1.165, 1.54) is 0 Å². The van der Waals surface area contributed by atoms with E-state index < -0.39 is 15.9 Å². The minimum Gasteiger partial charge on any atom is -0.480 e. The van der Waals surface area contributed by atoms with Crippen molar-refractivity contribution in [2.75, 3.05) is 6.54 Å². The predicted molar refractivity (Wildman–Crippen MR) is 53.1 cm³/mol. The highest BCUT2D eigenvalue weighted by Gasteiger charge is 2.27. The van der Waals surface area contributed by atoms with Crippen molar-refractivity contribution in [1.29, 1.82) is 0 Å². The molecule has 0 heterocycles. The standard InChI is InChI=1S/C6H11Cl3N2O2/c7-6(8,9)11-4(5(12)13)2-1-3-10/h4,11H,1-3,10H2,(H,12,13)/t4-/m0/s1. The number of nitrogens with one attached hydrogen (secondary N) is 1. The smallest absolute Gasteiger partial charge is 0.320 e. The van der Waals surface area contributed by atoms with Gasteiger partial charge in [0.05, 0.1) is 0 Å². The molecule has 0 aromatic rings. The van der Waals surface area contributed by atoms with Crippen LogP contribution in [0.15, 0.2) is 0 Å². The van der Waals surface area contributed by atoms with E-state index in [9.17, 15) is 4.79 Å². The average Bonchev–Trinajstić information content (AvgIpc) is 1.95. The van der Waals surface area contributed by atoms with Crippen molar-refractivity contribution in [3.05, 3.63) is 0 Å². The van der Waals surface area contributed by atoms with Gasteiger partial charge in [-0.3, -0.25) is 10.1 Å². The van der Waals surface area contributed by atoms with Gasteiger partial charge < -0.3 is 10.8 Å². The quantitative estimate of drug-likeness (QED) is 0.504. The van der Waals surface area contributed by atoms with E-state index in [4.69, 9.17) is 45.6 Å². The number of halogens is 3. The van der Waals surface area contributed by atoms with E-state index in [1.807, 2.05) is 0 Å². The lowest BCUT2D eigenvalue weighted by atomic mass is 10.1. The van der Waals surface area contributed by atoms with Gasteiger partial charge in [-0.15, -0.1) is 0 Å². The SMILES string of the molecule is NCCC[C@H](NC(Cl)(Cl)Cl)C(=O)O. The van der Waals surface area contributed by atoms with E-state index in [0.717, 1.165) is 0 Å². The molecular formula is C6H11Cl3N2O2. The first-order chi connectivity index (χ1) is 5.87. The summed E-state index contributed by atoms with van der Waals surface area (Å²) < 4.78 is -1.75. The molecular weight excluding hydrogens is 238 g/mol. The third-order valence-corrected chi connectivity index (χ3v) is 1.66. The van der Waals surface area contributed by atoms with Crippen molar-refractivity contribution in [2.45, 2.75) is 22.8 Å². The first kappa shape index (κ1) is 13.3. The summed E-state index contributed by atoms with van der Waals surface area (Å²) in [6.07, 6.45) is 0.893. The third-order valence-electron chi connectivity index (χ3n) is 1.33. The monoisotopic (exact) mass is 248 g/mol. The molecule has 0 amide bonds. The minimum absolute atomic E-state index is 0.333. The molecule has 0 spiro atoms. The summed E-state index contributed by atoms with van der Waals surface area (Å²) in [5.41, 5.74) is 5.22. The van der Waals surface area contributed by atoms with Crippen LogP contribution >= 0.6 is 34.8 Å². The Morgan fingerprint density at radius 3 is 2.38 bits per heavy atom. The summed E-state index contributed by atoms with van der Waals surface area (Å²) in [4.78, 5) is 10.6. The Morgan fingerprint density at radius 1 is 1.54 bits per heavy atom. The van der Waals surface area contributed by atoms with Gasteiger partial charge in [0.2, 0.25) is 3.92 Å². The van der Waals surface area contributed by atoms with Crippen LogP contribution in [0.1, 0.15) is 12.8 Å². The highest BCUT2D eigenvalue weighted by Crippen LogP contribution is 2.23. The first-order valence-electron chi connectivity index (χ1n) is 3.64. The van der Waals surface area contributed by atoms with E-state index in [2.05, 4.69) is 5.32 Å². The average molecular weight is 250 g/mol. The molecule has 0 aliphatic rings. The second-order valence-electron chi connectivity index (χ2n) is 2.46. The Kier molecular flexibility index (Phi) is 6.00. The van der Waals surface area contributed by atoms with Gasteiger partial charge in [0.15, 0.2) is 0 Å². The Morgan fingerprint density at radius 2 is 2.08 bits per heavy atom. The summed E-state index contributed by atoms with van der Waals surface area (Å²) in [6, 6.07) is -0.879. The number of alkyl halides is 3. The van der Waals surface area contributed by atoms with Crippen LogP contribution < -0.4 is 11.1 Å². The maximum atomic E-state index is 10.6. The molecule has 0 aliphatic heterocycles. The minimum atomic E-state index is -1.75. The summed E-state index contributed by atoms with van der Waals surface area (Å²) >= 11 is 16.1. The molecule has 0 aromatic heterocycles. The highest BCUT2D eigenvalue weighted by atomic mass is 35.6. The van der Waals surface area contributed by atoms with E-state index >= 15 is 0 Å². The highest BCUT2D eigenvalue weighted by molar-refractivity contribution is 6.67. The Balaban J connectivity index is 4.03. The van der Waals surface area contributed by atoms with Crippen LogP contribution in [-0.2, 0) is 4.79 Å². The van der Waals surface area contributed by atoms with Gasteiger partial charge in [-0.25, -0.2) is 0 Å². The van der Waals surface area contributed by atoms with Gasteiger partial charge in [-0.1, -0.05) is 34.8 Å². The predicted octanol–water partition coefficient (Wildman–Crippen LogP) is 1.10. The van der Waals surface area contributed by atoms with Crippen LogP contribution in [0.25, 0.3) is 0 Å². The lowest BCUT2D eigenvalue weighted by Gasteiger charge is -2.19. The molecule has 0 unspecified atom stereocenters.